The van der Waals surface area contributed by atoms with Gasteiger partial charge in [0.15, 0.2) is 5.11 Å². The quantitative estimate of drug-likeness (QED) is 0.313. The number of anilines is 1. The minimum atomic E-state index is -0.585. The van der Waals surface area contributed by atoms with Gasteiger partial charge < -0.3 is 5.32 Å². The molecule has 0 saturated heterocycles. The summed E-state index contributed by atoms with van der Waals surface area (Å²) in [5.41, 5.74) is 0.374. The molecular formula is C14H9ClIN3O3S. The molecule has 2 aromatic carbocycles. The number of hydrogen-bond acceptors (Lipinski definition) is 4. The van der Waals surface area contributed by atoms with Crippen molar-refractivity contribution >= 4 is 68.8 Å². The Morgan fingerprint density at radius 1 is 1.26 bits per heavy atom. The molecule has 0 heterocycles. The highest BCUT2D eigenvalue weighted by molar-refractivity contribution is 14.1. The second kappa shape index (κ2) is 7.66. The Morgan fingerprint density at radius 3 is 2.61 bits per heavy atom. The van der Waals surface area contributed by atoms with Gasteiger partial charge in [0.25, 0.3) is 11.6 Å². The number of rotatable bonds is 3. The van der Waals surface area contributed by atoms with E-state index in [1.54, 1.807) is 18.2 Å². The van der Waals surface area contributed by atoms with Crippen molar-refractivity contribution in [3.63, 3.8) is 0 Å². The maximum Gasteiger partial charge on any atom is 0.294 e. The number of thiocarbonyl (C=S) groups is 1. The van der Waals surface area contributed by atoms with Crippen molar-refractivity contribution in [3.8, 4) is 0 Å². The Morgan fingerprint density at radius 2 is 1.96 bits per heavy atom. The summed E-state index contributed by atoms with van der Waals surface area (Å²) in [7, 11) is 0. The van der Waals surface area contributed by atoms with Crippen LogP contribution >= 0.6 is 46.4 Å². The van der Waals surface area contributed by atoms with E-state index in [1.165, 1.54) is 18.2 Å². The van der Waals surface area contributed by atoms with Crippen molar-refractivity contribution in [2.24, 2.45) is 0 Å². The topological polar surface area (TPSA) is 84.3 Å². The number of hydrogen-bond donors (Lipinski definition) is 2. The normalized spacial score (nSPS) is 10.0. The molecule has 0 spiro atoms. The van der Waals surface area contributed by atoms with Crippen molar-refractivity contribution in [1.29, 1.82) is 0 Å². The monoisotopic (exact) mass is 461 g/mol. The summed E-state index contributed by atoms with van der Waals surface area (Å²) in [4.78, 5) is 22.6. The van der Waals surface area contributed by atoms with Gasteiger partial charge in [-0.25, -0.2) is 0 Å². The molecule has 6 nitrogen and oxygen atoms in total. The maximum atomic E-state index is 12.1. The Labute approximate surface area is 155 Å². The number of nitro groups is 1. The molecular weight excluding hydrogens is 453 g/mol. The smallest absolute Gasteiger partial charge is 0.294 e. The molecule has 0 atom stereocenters. The fourth-order valence-electron chi connectivity index (χ4n) is 1.73. The molecule has 118 valence electrons. The maximum absolute atomic E-state index is 12.1. The van der Waals surface area contributed by atoms with E-state index >= 15 is 0 Å². The summed E-state index contributed by atoms with van der Waals surface area (Å²) < 4.78 is 0.767. The third-order valence-electron chi connectivity index (χ3n) is 2.75. The number of carbonyl (C=O) groups is 1. The van der Waals surface area contributed by atoms with Gasteiger partial charge in [-0.2, -0.15) is 0 Å². The highest BCUT2D eigenvalue weighted by atomic mass is 127. The second-order valence-corrected chi connectivity index (χ2v) is 6.31. The van der Waals surface area contributed by atoms with Gasteiger partial charge in [0.1, 0.15) is 5.69 Å². The molecule has 0 fully saturated rings. The van der Waals surface area contributed by atoms with E-state index in [2.05, 4.69) is 10.6 Å². The first-order valence-corrected chi connectivity index (χ1v) is 8.06. The minimum Gasteiger partial charge on any atom is -0.327 e. The lowest BCUT2D eigenvalue weighted by atomic mass is 10.2. The molecule has 0 radical (unpaired) electrons. The molecule has 9 heteroatoms. The average Bonchev–Trinajstić information content (AvgIpc) is 2.49. The number of carbonyl (C=O) groups excluding carboxylic acids is 1. The van der Waals surface area contributed by atoms with Crippen LogP contribution in [0.25, 0.3) is 0 Å². The number of nitrogens with zero attached hydrogens (tertiary/aromatic N) is 1. The lowest BCUT2D eigenvalue weighted by Crippen LogP contribution is -2.34. The predicted molar refractivity (Wildman–Crippen MR) is 101 cm³/mol. The van der Waals surface area contributed by atoms with E-state index in [0.717, 1.165) is 3.57 Å². The molecule has 0 unspecified atom stereocenters. The van der Waals surface area contributed by atoms with Crippen molar-refractivity contribution in [1.82, 2.24) is 5.32 Å². The standard InChI is InChI=1S/C14H9ClIN3O3S/c15-8-5-6-11(12(7-8)19(21)22)17-14(23)18-13(20)9-3-1-2-4-10(9)16/h1-7H,(H2,17,18,20,23). The van der Waals surface area contributed by atoms with Crippen LogP contribution in [0, 0.1) is 13.7 Å². The molecule has 2 rings (SSSR count). The molecule has 2 aromatic rings. The van der Waals surface area contributed by atoms with E-state index in [0.29, 0.717) is 5.56 Å². The Hall–Kier alpha value is -1.78. The summed E-state index contributed by atoms with van der Waals surface area (Å²) in [5, 5.41) is 16.3. The van der Waals surface area contributed by atoms with Crippen LogP contribution in [0.4, 0.5) is 11.4 Å². The molecule has 0 aliphatic carbocycles. The Balaban J connectivity index is 2.13. The fraction of sp³-hybridized carbons (Fsp3) is 0. The van der Waals surface area contributed by atoms with Crippen LogP contribution in [0.1, 0.15) is 10.4 Å². The van der Waals surface area contributed by atoms with E-state index in [1.807, 2.05) is 28.7 Å². The van der Waals surface area contributed by atoms with Crippen LogP contribution in [0.3, 0.4) is 0 Å². The highest BCUT2D eigenvalue weighted by Gasteiger charge is 2.17. The SMILES string of the molecule is O=C(NC(=S)Nc1ccc(Cl)cc1[N+](=O)[O-])c1ccccc1I. The van der Waals surface area contributed by atoms with Crippen LogP contribution in [0.5, 0.6) is 0 Å². The van der Waals surface area contributed by atoms with E-state index in [4.69, 9.17) is 23.8 Å². The first kappa shape index (κ1) is 17.6. The third-order valence-corrected chi connectivity index (χ3v) is 4.13. The largest absolute Gasteiger partial charge is 0.327 e. The zero-order valence-electron chi connectivity index (χ0n) is 11.4. The van der Waals surface area contributed by atoms with E-state index in [-0.39, 0.29) is 21.5 Å². The predicted octanol–water partition coefficient (Wildman–Crippen LogP) is 3.98. The molecule has 0 bridgehead atoms. The second-order valence-electron chi connectivity index (χ2n) is 4.31. The fourth-order valence-corrected chi connectivity index (χ4v) is 2.73. The van der Waals surface area contributed by atoms with E-state index in [9.17, 15) is 14.9 Å². The van der Waals surface area contributed by atoms with Gasteiger partial charge in [-0.1, -0.05) is 23.7 Å². The van der Waals surface area contributed by atoms with Crippen molar-refractivity contribution in [2.75, 3.05) is 5.32 Å². The minimum absolute atomic E-state index is 0.0416. The van der Waals surface area contributed by atoms with Gasteiger partial charge in [0, 0.05) is 14.7 Å². The first-order chi connectivity index (χ1) is 10.9. The zero-order valence-corrected chi connectivity index (χ0v) is 15.1. The number of nitro benzene ring substituents is 1. The lowest BCUT2D eigenvalue weighted by Gasteiger charge is -2.10. The summed E-state index contributed by atoms with van der Waals surface area (Å²) in [6.07, 6.45) is 0. The van der Waals surface area contributed by atoms with Gasteiger partial charge in [-0.05, 0) is 59.1 Å². The number of benzene rings is 2. The van der Waals surface area contributed by atoms with Crippen molar-refractivity contribution in [2.45, 2.75) is 0 Å². The number of nitrogens with one attached hydrogen (secondary N) is 2. The Kier molecular flexibility index (Phi) is 5.85. The van der Waals surface area contributed by atoms with Gasteiger partial charge in [-0.3, -0.25) is 20.2 Å². The van der Waals surface area contributed by atoms with Gasteiger partial charge in [0.05, 0.1) is 10.5 Å². The summed E-state index contributed by atoms with van der Waals surface area (Å²) in [5.74, 6) is -0.399. The number of halogens is 2. The third kappa shape index (κ3) is 4.60. The van der Waals surface area contributed by atoms with Crippen LogP contribution in [0.2, 0.25) is 5.02 Å². The van der Waals surface area contributed by atoms with E-state index < -0.39 is 10.8 Å². The molecule has 23 heavy (non-hydrogen) atoms. The molecule has 0 aliphatic heterocycles. The van der Waals surface area contributed by atoms with Crippen LogP contribution in [-0.4, -0.2) is 15.9 Å². The van der Waals surface area contributed by atoms with Crippen LogP contribution in [-0.2, 0) is 0 Å². The van der Waals surface area contributed by atoms with Gasteiger partial charge in [-0.15, -0.1) is 0 Å². The summed E-state index contributed by atoms with van der Waals surface area (Å²) in [6.45, 7) is 0. The first-order valence-electron chi connectivity index (χ1n) is 6.19. The molecule has 2 N–H and O–H groups in total. The average molecular weight is 462 g/mol. The summed E-state index contributed by atoms with van der Waals surface area (Å²) in [6, 6.07) is 11.1. The van der Waals surface area contributed by atoms with Crippen LogP contribution in [0.15, 0.2) is 42.5 Å². The zero-order chi connectivity index (χ0) is 17.0. The van der Waals surface area contributed by atoms with Crippen molar-refractivity contribution in [3.05, 3.63) is 66.7 Å². The number of amides is 1. The molecule has 0 aliphatic rings. The highest BCUT2D eigenvalue weighted by Crippen LogP contribution is 2.27. The van der Waals surface area contributed by atoms with Crippen molar-refractivity contribution < 1.29 is 9.72 Å². The van der Waals surface area contributed by atoms with Gasteiger partial charge >= 0.3 is 0 Å². The molecule has 0 saturated carbocycles. The lowest BCUT2D eigenvalue weighted by molar-refractivity contribution is -0.383. The molecule has 1 amide bonds. The summed E-state index contributed by atoms with van der Waals surface area (Å²) >= 11 is 12.8. The Bertz CT molecular complexity index is 801. The molecule has 0 aromatic heterocycles. The van der Waals surface area contributed by atoms with Gasteiger partial charge in [0.2, 0.25) is 0 Å². The van der Waals surface area contributed by atoms with Crippen LogP contribution < -0.4 is 10.6 Å².